The van der Waals surface area contributed by atoms with Gasteiger partial charge in [0.1, 0.15) is 11.9 Å². The van der Waals surface area contributed by atoms with Gasteiger partial charge in [-0.1, -0.05) is 6.07 Å². The first kappa shape index (κ1) is 10.4. The van der Waals surface area contributed by atoms with E-state index in [4.69, 9.17) is 10.8 Å². The van der Waals surface area contributed by atoms with E-state index in [9.17, 15) is 9.18 Å². The third kappa shape index (κ3) is 2.38. The topological polar surface area (TPSA) is 63.3 Å². The van der Waals surface area contributed by atoms with Gasteiger partial charge in [-0.05, 0) is 34.7 Å². The molecule has 1 aromatic rings. The van der Waals surface area contributed by atoms with Crippen LogP contribution in [-0.4, -0.2) is 11.1 Å². The molecule has 1 aromatic carbocycles. The zero-order valence-corrected chi connectivity index (χ0v) is 8.66. The lowest BCUT2D eigenvalue weighted by molar-refractivity contribution is -0.138. The Labute approximate surface area is 87.9 Å². The molecule has 1 atom stereocenters. The standard InChI is InChI=1S/C8H7FINO2/c9-6-3-4(10)1-2-5(6)7(11)8(12)13/h1-3,7H,11H2,(H,12,13)/t7-/m1/s1. The Balaban J connectivity index is 3.08. The van der Waals surface area contributed by atoms with Crippen LogP contribution in [0.25, 0.3) is 0 Å². The summed E-state index contributed by atoms with van der Waals surface area (Å²) in [5, 5.41) is 8.54. The molecule has 0 aliphatic rings. The van der Waals surface area contributed by atoms with Gasteiger partial charge in [0, 0.05) is 9.13 Å². The third-order valence-electron chi connectivity index (χ3n) is 1.56. The van der Waals surface area contributed by atoms with Crippen LogP contribution in [0.2, 0.25) is 0 Å². The maximum atomic E-state index is 13.1. The minimum absolute atomic E-state index is 0.00733. The van der Waals surface area contributed by atoms with E-state index in [1.807, 2.05) is 22.6 Å². The van der Waals surface area contributed by atoms with Crippen molar-refractivity contribution in [1.82, 2.24) is 0 Å². The first-order valence-electron chi connectivity index (χ1n) is 3.45. The summed E-state index contributed by atoms with van der Waals surface area (Å²) in [5.74, 6) is -1.82. The molecular weight excluding hydrogens is 288 g/mol. The number of hydrogen-bond donors (Lipinski definition) is 2. The highest BCUT2D eigenvalue weighted by Gasteiger charge is 2.17. The van der Waals surface area contributed by atoms with Crippen molar-refractivity contribution >= 4 is 28.6 Å². The Morgan fingerprint density at radius 2 is 2.23 bits per heavy atom. The summed E-state index contributed by atoms with van der Waals surface area (Å²) >= 11 is 1.93. The van der Waals surface area contributed by atoms with Crippen LogP contribution < -0.4 is 5.73 Å². The normalized spacial score (nSPS) is 12.5. The smallest absolute Gasteiger partial charge is 0.325 e. The second kappa shape index (κ2) is 4.01. The molecule has 0 unspecified atom stereocenters. The summed E-state index contributed by atoms with van der Waals surface area (Å²) in [6, 6.07) is 2.95. The molecular formula is C8H7FINO2. The van der Waals surface area contributed by atoms with Crippen molar-refractivity contribution < 1.29 is 14.3 Å². The largest absolute Gasteiger partial charge is 0.480 e. The molecule has 0 radical (unpaired) electrons. The van der Waals surface area contributed by atoms with E-state index < -0.39 is 17.8 Å². The van der Waals surface area contributed by atoms with Crippen LogP contribution in [0.5, 0.6) is 0 Å². The molecule has 0 aliphatic carbocycles. The number of aliphatic carboxylic acids is 1. The summed E-state index contributed by atoms with van der Waals surface area (Å²) in [5.41, 5.74) is 5.25. The third-order valence-corrected chi connectivity index (χ3v) is 2.23. The molecule has 0 heterocycles. The van der Waals surface area contributed by atoms with Crippen molar-refractivity contribution in [2.24, 2.45) is 5.73 Å². The molecule has 5 heteroatoms. The second-order valence-electron chi connectivity index (χ2n) is 2.48. The zero-order chi connectivity index (χ0) is 10.0. The predicted octanol–water partition coefficient (Wildman–Crippen LogP) is 1.51. The quantitative estimate of drug-likeness (QED) is 0.813. The number of hydrogen-bond acceptors (Lipinski definition) is 2. The van der Waals surface area contributed by atoms with Gasteiger partial charge in [-0.25, -0.2) is 4.39 Å². The summed E-state index contributed by atoms with van der Waals surface area (Å²) < 4.78 is 13.8. The Kier molecular flexibility index (Phi) is 3.21. The van der Waals surface area contributed by atoms with Crippen molar-refractivity contribution in [2.45, 2.75) is 6.04 Å². The summed E-state index contributed by atoms with van der Waals surface area (Å²) in [7, 11) is 0. The van der Waals surface area contributed by atoms with E-state index >= 15 is 0 Å². The average molecular weight is 295 g/mol. The monoisotopic (exact) mass is 295 g/mol. The van der Waals surface area contributed by atoms with E-state index in [2.05, 4.69) is 0 Å². The SMILES string of the molecule is N[C@@H](C(=O)O)c1ccc(I)cc1F. The minimum Gasteiger partial charge on any atom is -0.480 e. The molecule has 70 valence electrons. The fourth-order valence-electron chi connectivity index (χ4n) is 0.887. The number of nitrogens with two attached hydrogens (primary N) is 1. The van der Waals surface area contributed by atoms with Gasteiger partial charge in [-0.3, -0.25) is 4.79 Å². The van der Waals surface area contributed by atoms with Crippen LogP contribution in [0.1, 0.15) is 11.6 Å². The molecule has 1 rings (SSSR count). The van der Waals surface area contributed by atoms with Crippen molar-refractivity contribution in [2.75, 3.05) is 0 Å². The van der Waals surface area contributed by atoms with Gasteiger partial charge in [0.15, 0.2) is 0 Å². The molecule has 0 aromatic heterocycles. The van der Waals surface area contributed by atoms with Gasteiger partial charge >= 0.3 is 5.97 Å². The fraction of sp³-hybridized carbons (Fsp3) is 0.125. The van der Waals surface area contributed by atoms with E-state index in [-0.39, 0.29) is 5.56 Å². The van der Waals surface area contributed by atoms with Gasteiger partial charge in [-0.2, -0.15) is 0 Å². The van der Waals surface area contributed by atoms with Gasteiger partial charge in [0.25, 0.3) is 0 Å². The van der Waals surface area contributed by atoms with E-state index in [0.29, 0.717) is 3.57 Å². The van der Waals surface area contributed by atoms with Gasteiger partial charge in [0.05, 0.1) is 0 Å². The van der Waals surface area contributed by atoms with Crippen LogP contribution in [0, 0.1) is 9.39 Å². The van der Waals surface area contributed by atoms with Crippen molar-refractivity contribution in [3.8, 4) is 0 Å². The molecule has 3 N–H and O–H groups in total. The fourth-order valence-corrected chi connectivity index (χ4v) is 1.34. The number of benzene rings is 1. The van der Waals surface area contributed by atoms with E-state index in [1.165, 1.54) is 12.1 Å². The van der Waals surface area contributed by atoms with Gasteiger partial charge in [0.2, 0.25) is 0 Å². The van der Waals surface area contributed by atoms with Crippen LogP contribution in [0.15, 0.2) is 18.2 Å². The molecule has 0 saturated heterocycles. The highest BCUT2D eigenvalue weighted by atomic mass is 127. The summed E-state index contributed by atoms with van der Waals surface area (Å²) in [6.45, 7) is 0. The van der Waals surface area contributed by atoms with Crippen LogP contribution in [0.3, 0.4) is 0 Å². The summed E-state index contributed by atoms with van der Waals surface area (Å²) in [6.07, 6.45) is 0. The molecule has 0 amide bonds. The Bertz CT molecular complexity index is 343. The lowest BCUT2D eigenvalue weighted by Gasteiger charge is -2.07. The van der Waals surface area contributed by atoms with Crippen LogP contribution >= 0.6 is 22.6 Å². The van der Waals surface area contributed by atoms with Crippen LogP contribution in [-0.2, 0) is 4.79 Å². The second-order valence-corrected chi connectivity index (χ2v) is 3.73. The highest BCUT2D eigenvalue weighted by Crippen LogP contribution is 2.17. The van der Waals surface area contributed by atoms with Crippen LogP contribution in [0.4, 0.5) is 4.39 Å². The van der Waals surface area contributed by atoms with Crippen molar-refractivity contribution in [1.29, 1.82) is 0 Å². The molecule has 3 nitrogen and oxygen atoms in total. The molecule has 0 saturated carbocycles. The molecule has 0 fully saturated rings. The first-order valence-corrected chi connectivity index (χ1v) is 4.53. The molecule has 13 heavy (non-hydrogen) atoms. The van der Waals surface area contributed by atoms with E-state index in [1.54, 1.807) is 6.07 Å². The van der Waals surface area contributed by atoms with Crippen molar-refractivity contribution in [3.05, 3.63) is 33.1 Å². The maximum absolute atomic E-state index is 13.1. The number of carboxylic acid groups (broad SMARTS) is 1. The lowest BCUT2D eigenvalue weighted by Crippen LogP contribution is -2.21. The average Bonchev–Trinajstić information content (AvgIpc) is 2.03. The highest BCUT2D eigenvalue weighted by molar-refractivity contribution is 14.1. The predicted molar refractivity (Wildman–Crippen MR) is 53.7 cm³/mol. The Hall–Kier alpha value is -0.690. The first-order chi connectivity index (χ1) is 6.02. The minimum atomic E-state index is -1.29. The maximum Gasteiger partial charge on any atom is 0.325 e. The van der Waals surface area contributed by atoms with Gasteiger partial charge in [-0.15, -0.1) is 0 Å². The molecule has 0 bridgehead atoms. The number of carboxylic acids is 1. The lowest BCUT2D eigenvalue weighted by atomic mass is 10.1. The summed E-state index contributed by atoms with van der Waals surface area (Å²) in [4.78, 5) is 10.4. The van der Waals surface area contributed by atoms with Gasteiger partial charge < -0.3 is 10.8 Å². The Morgan fingerprint density at radius 1 is 1.62 bits per heavy atom. The molecule has 0 aliphatic heterocycles. The number of rotatable bonds is 2. The number of carbonyl (C=O) groups is 1. The van der Waals surface area contributed by atoms with Crippen molar-refractivity contribution in [3.63, 3.8) is 0 Å². The Morgan fingerprint density at radius 3 is 2.69 bits per heavy atom. The zero-order valence-electron chi connectivity index (χ0n) is 6.50. The molecule has 0 spiro atoms. The van der Waals surface area contributed by atoms with E-state index in [0.717, 1.165) is 0 Å². The number of halogens is 2.